The van der Waals surface area contributed by atoms with Gasteiger partial charge in [0.2, 0.25) is 10.0 Å². The minimum atomic E-state index is -3.14. The molecule has 1 heterocycles. The molecule has 0 spiro atoms. The van der Waals surface area contributed by atoms with Crippen molar-refractivity contribution in [2.24, 2.45) is 0 Å². The second kappa shape index (κ2) is 6.50. The first-order chi connectivity index (χ1) is 8.40. The molecule has 0 aromatic carbocycles. The topological polar surface area (TPSA) is 96.0 Å². The molecule has 1 aromatic heterocycles. The van der Waals surface area contributed by atoms with E-state index in [1.165, 1.54) is 0 Å². The molecule has 0 atom stereocenters. The van der Waals surface area contributed by atoms with Crippen molar-refractivity contribution in [1.82, 2.24) is 14.7 Å². The summed E-state index contributed by atoms with van der Waals surface area (Å²) < 4.78 is 24.1. The Morgan fingerprint density at radius 3 is 2.33 bits per heavy atom. The molecule has 0 fully saturated rings. The third-order valence-electron chi connectivity index (χ3n) is 1.99. The van der Waals surface area contributed by atoms with Crippen molar-refractivity contribution in [2.75, 3.05) is 36.5 Å². The summed E-state index contributed by atoms with van der Waals surface area (Å²) in [4.78, 5) is 8.43. The number of hydrogen-bond donors (Lipinski definition) is 3. The number of anilines is 2. The van der Waals surface area contributed by atoms with Crippen LogP contribution in [0.15, 0.2) is 6.07 Å². The molecular weight excluding hydrogens is 254 g/mol. The Balaban J connectivity index is 2.51. The van der Waals surface area contributed by atoms with E-state index in [0.29, 0.717) is 24.7 Å². The van der Waals surface area contributed by atoms with E-state index in [9.17, 15) is 8.42 Å². The largest absolute Gasteiger partial charge is 0.370 e. The molecule has 102 valence electrons. The first kappa shape index (κ1) is 14.7. The minimum Gasteiger partial charge on any atom is -0.370 e. The average Bonchev–Trinajstić information content (AvgIpc) is 2.23. The van der Waals surface area contributed by atoms with Crippen LogP contribution in [0.1, 0.15) is 12.7 Å². The van der Waals surface area contributed by atoms with Crippen molar-refractivity contribution < 1.29 is 8.42 Å². The van der Waals surface area contributed by atoms with Gasteiger partial charge in [0.1, 0.15) is 17.5 Å². The maximum atomic E-state index is 10.9. The zero-order chi connectivity index (χ0) is 13.6. The highest BCUT2D eigenvalue weighted by molar-refractivity contribution is 7.88. The number of hydrogen-bond acceptors (Lipinski definition) is 6. The number of nitrogens with zero attached hydrogens (tertiary/aromatic N) is 2. The van der Waals surface area contributed by atoms with Gasteiger partial charge < -0.3 is 10.6 Å². The van der Waals surface area contributed by atoms with Crippen LogP contribution in [-0.2, 0) is 10.0 Å². The highest BCUT2D eigenvalue weighted by Crippen LogP contribution is 2.10. The van der Waals surface area contributed by atoms with Crippen molar-refractivity contribution in [3.8, 4) is 0 Å². The lowest BCUT2D eigenvalue weighted by Crippen LogP contribution is -2.27. The SMILES string of the molecule is CCNc1cc(NCCNS(C)(=O)=O)nc(C)n1. The molecule has 3 N–H and O–H groups in total. The van der Waals surface area contributed by atoms with Crippen LogP contribution in [0, 0.1) is 6.92 Å². The predicted molar refractivity (Wildman–Crippen MR) is 72.3 cm³/mol. The lowest BCUT2D eigenvalue weighted by molar-refractivity contribution is 0.589. The number of sulfonamides is 1. The van der Waals surface area contributed by atoms with Gasteiger partial charge in [-0.05, 0) is 13.8 Å². The Bertz CT molecular complexity index is 489. The van der Waals surface area contributed by atoms with E-state index in [1.54, 1.807) is 13.0 Å². The Hall–Kier alpha value is -1.41. The molecule has 0 saturated carbocycles. The van der Waals surface area contributed by atoms with Gasteiger partial charge in [-0.1, -0.05) is 0 Å². The van der Waals surface area contributed by atoms with Gasteiger partial charge in [0.15, 0.2) is 0 Å². The van der Waals surface area contributed by atoms with Crippen molar-refractivity contribution in [3.05, 3.63) is 11.9 Å². The van der Waals surface area contributed by atoms with Gasteiger partial charge in [-0.25, -0.2) is 23.1 Å². The molecule has 7 nitrogen and oxygen atoms in total. The van der Waals surface area contributed by atoms with Crippen LogP contribution >= 0.6 is 0 Å². The van der Waals surface area contributed by atoms with E-state index in [2.05, 4.69) is 25.3 Å². The van der Waals surface area contributed by atoms with Crippen LogP contribution in [0.5, 0.6) is 0 Å². The summed E-state index contributed by atoms with van der Waals surface area (Å²) >= 11 is 0. The molecule has 1 aromatic rings. The summed E-state index contributed by atoms with van der Waals surface area (Å²) in [6.45, 7) is 5.36. The molecular formula is C10H19N5O2S. The normalized spacial score (nSPS) is 11.3. The third-order valence-corrected chi connectivity index (χ3v) is 2.72. The van der Waals surface area contributed by atoms with Crippen molar-refractivity contribution >= 4 is 21.7 Å². The van der Waals surface area contributed by atoms with E-state index in [-0.39, 0.29) is 0 Å². The van der Waals surface area contributed by atoms with Crippen LogP contribution in [0.2, 0.25) is 0 Å². The Kier molecular flexibility index (Phi) is 5.29. The molecule has 0 amide bonds. The molecule has 0 aliphatic rings. The number of rotatable bonds is 7. The summed E-state index contributed by atoms with van der Waals surface area (Å²) in [7, 11) is -3.14. The van der Waals surface area contributed by atoms with Gasteiger partial charge in [0.25, 0.3) is 0 Å². The van der Waals surface area contributed by atoms with Crippen LogP contribution in [0.25, 0.3) is 0 Å². The Labute approximate surface area is 107 Å². The summed E-state index contributed by atoms with van der Waals surface area (Å²) in [5.74, 6) is 2.09. The van der Waals surface area contributed by atoms with Crippen molar-refractivity contribution in [2.45, 2.75) is 13.8 Å². The smallest absolute Gasteiger partial charge is 0.208 e. The highest BCUT2D eigenvalue weighted by Gasteiger charge is 2.02. The van der Waals surface area contributed by atoms with Gasteiger partial charge in [-0.3, -0.25) is 0 Å². The summed E-state index contributed by atoms with van der Waals surface area (Å²) in [5.41, 5.74) is 0. The second-order valence-corrected chi connectivity index (χ2v) is 5.64. The van der Waals surface area contributed by atoms with Crippen LogP contribution in [0.4, 0.5) is 11.6 Å². The highest BCUT2D eigenvalue weighted by atomic mass is 32.2. The number of nitrogens with one attached hydrogen (secondary N) is 3. The van der Waals surface area contributed by atoms with Crippen LogP contribution < -0.4 is 15.4 Å². The van der Waals surface area contributed by atoms with Gasteiger partial charge in [0, 0.05) is 25.7 Å². The van der Waals surface area contributed by atoms with E-state index in [4.69, 9.17) is 0 Å². The summed E-state index contributed by atoms with van der Waals surface area (Å²) in [6.07, 6.45) is 1.13. The van der Waals surface area contributed by atoms with Gasteiger partial charge in [0.05, 0.1) is 6.26 Å². The van der Waals surface area contributed by atoms with Crippen molar-refractivity contribution in [3.63, 3.8) is 0 Å². The van der Waals surface area contributed by atoms with Gasteiger partial charge >= 0.3 is 0 Å². The van der Waals surface area contributed by atoms with Gasteiger partial charge in [-0.2, -0.15) is 0 Å². The quantitative estimate of drug-likeness (QED) is 0.613. The lowest BCUT2D eigenvalue weighted by Gasteiger charge is -2.09. The lowest BCUT2D eigenvalue weighted by atomic mass is 10.4. The first-order valence-corrected chi connectivity index (χ1v) is 7.58. The molecule has 0 unspecified atom stereocenters. The molecule has 8 heteroatoms. The van der Waals surface area contributed by atoms with Gasteiger partial charge in [-0.15, -0.1) is 0 Å². The predicted octanol–water partition coefficient (Wildman–Crippen LogP) is 0.178. The monoisotopic (exact) mass is 273 g/mol. The zero-order valence-electron chi connectivity index (χ0n) is 10.8. The fourth-order valence-corrected chi connectivity index (χ4v) is 1.83. The third kappa shape index (κ3) is 5.78. The second-order valence-electron chi connectivity index (χ2n) is 3.81. The van der Waals surface area contributed by atoms with E-state index in [1.807, 2.05) is 6.92 Å². The molecule has 0 saturated heterocycles. The minimum absolute atomic E-state index is 0.318. The molecule has 18 heavy (non-hydrogen) atoms. The maximum Gasteiger partial charge on any atom is 0.208 e. The number of aromatic nitrogens is 2. The van der Waals surface area contributed by atoms with Crippen molar-refractivity contribution in [1.29, 1.82) is 0 Å². The van der Waals surface area contributed by atoms with Crippen LogP contribution in [0.3, 0.4) is 0 Å². The van der Waals surface area contributed by atoms with E-state index in [0.717, 1.165) is 18.6 Å². The van der Waals surface area contributed by atoms with E-state index < -0.39 is 10.0 Å². The van der Waals surface area contributed by atoms with Crippen LogP contribution in [-0.4, -0.2) is 44.3 Å². The summed E-state index contributed by atoms with van der Waals surface area (Å²) in [6, 6.07) is 1.79. The zero-order valence-corrected chi connectivity index (χ0v) is 11.6. The summed E-state index contributed by atoms with van der Waals surface area (Å²) in [5, 5.41) is 6.14. The molecule has 1 rings (SSSR count). The number of aryl methyl sites for hydroxylation is 1. The molecule has 0 bridgehead atoms. The fourth-order valence-electron chi connectivity index (χ4n) is 1.36. The average molecular weight is 273 g/mol. The Morgan fingerprint density at radius 2 is 1.78 bits per heavy atom. The first-order valence-electron chi connectivity index (χ1n) is 5.69. The molecule has 0 aliphatic carbocycles. The standard InChI is InChI=1S/C10H19N5O2S/c1-4-11-9-7-10(15-8(2)14-9)12-5-6-13-18(3,16)17/h7,13H,4-6H2,1-3H3,(H2,11,12,14,15). The maximum absolute atomic E-state index is 10.9. The van der Waals surface area contributed by atoms with E-state index >= 15 is 0 Å². The fraction of sp³-hybridized carbons (Fsp3) is 0.600. The Morgan fingerprint density at radius 1 is 1.17 bits per heavy atom. The molecule has 0 radical (unpaired) electrons. The molecule has 0 aliphatic heterocycles.